The van der Waals surface area contributed by atoms with Crippen molar-refractivity contribution in [1.82, 2.24) is 10.5 Å². The summed E-state index contributed by atoms with van der Waals surface area (Å²) >= 11 is 0. The highest BCUT2D eigenvalue weighted by Crippen LogP contribution is 1.79. The predicted octanol–water partition coefficient (Wildman–Crippen LogP) is -2.02. The third-order valence-electron chi connectivity index (χ3n) is 1.11. The summed E-state index contributed by atoms with van der Waals surface area (Å²) in [6.07, 6.45) is 0. The molecule has 0 unspecified atom stereocenters. The molecule has 0 spiro atoms. The Hall–Kier alpha value is -1.12. The average Bonchev–Trinajstić information content (AvgIpc) is 2.05. The van der Waals surface area contributed by atoms with E-state index in [4.69, 9.17) is 16.7 Å². The van der Waals surface area contributed by atoms with Crippen LogP contribution in [0.25, 0.3) is 0 Å². The van der Waals surface area contributed by atoms with Crippen molar-refractivity contribution in [3.8, 4) is 0 Å². The molecule has 0 amide bonds. The van der Waals surface area contributed by atoms with Crippen LogP contribution in [0.1, 0.15) is 0 Å². The van der Waals surface area contributed by atoms with Crippen molar-refractivity contribution in [1.29, 1.82) is 0 Å². The topological polar surface area (TPSA) is 126 Å². The summed E-state index contributed by atoms with van der Waals surface area (Å²) in [5, 5.41) is 22.2. The van der Waals surface area contributed by atoms with Crippen LogP contribution in [0.5, 0.6) is 0 Å². The summed E-state index contributed by atoms with van der Waals surface area (Å²) in [6.45, 7) is 1.66. The Morgan fingerprint density at radius 2 is 1.92 bits per heavy atom. The molecule has 0 aliphatic carbocycles. The molecule has 0 atom stereocenters. The average molecular weight is 178 g/mol. The van der Waals surface area contributed by atoms with Crippen molar-refractivity contribution in [3.63, 3.8) is 0 Å². The minimum absolute atomic E-state index is 0.0781. The van der Waals surface area contributed by atoms with E-state index < -0.39 is 0 Å². The quantitative estimate of drug-likeness (QED) is 0.211. The van der Waals surface area contributed by atoms with Gasteiger partial charge in [-0.25, -0.2) is 0 Å². The van der Waals surface area contributed by atoms with Gasteiger partial charge in [-0.05, 0) is 0 Å². The van der Waals surface area contributed by atoms with E-state index in [1.165, 1.54) is 5.01 Å². The second kappa shape index (κ2) is 6.58. The first-order valence-corrected chi connectivity index (χ1v) is 3.48. The molecule has 0 bridgehead atoms. The maximum Gasteiger partial charge on any atom is 0.231 e. The second-order valence-electron chi connectivity index (χ2n) is 2.03. The zero-order valence-electron chi connectivity index (χ0n) is 6.68. The van der Waals surface area contributed by atoms with Gasteiger partial charge in [0.25, 0.3) is 0 Å². The molecule has 8 nitrogen and oxygen atoms in total. The van der Waals surface area contributed by atoms with Crippen LogP contribution in [0, 0.1) is 5.21 Å². The van der Waals surface area contributed by atoms with Gasteiger partial charge < -0.3 is 21.9 Å². The number of rotatable bonds is 6. The van der Waals surface area contributed by atoms with Crippen LogP contribution in [0.2, 0.25) is 0 Å². The van der Waals surface area contributed by atoms with Gasteiger partial charge in [-0.15, -0.1) is 0 Å². The van der Waals surface area contributed by atoms with E-state index in [0.717, 1.165) is 0 Å². The molecule has 0 radical (unpaired) electrons. The SMILES string of the molecule is NCCN(CCN)N[N+]([O-])=NO. The minimum Gasteiger partial charge on any atom is -0.568 e. The number of nitrogens with two attached hydrogens (primary N) is 2. The molecular formula is C4H14N6O2. The van der Waals surface area contributed by atoms with E-state index in [2.05, 4.69) is 10.8 Å². The maximum absolute atomic E-state index is 10.4. The molecule has 0 saturated heterocycles. The maximum atomic E-state index is 10.4. The van der Waals surface area contributed by atoms with Crippen LogP contribution >= 0.6 is 0 Å². The van der Waals surface area contributed by atoms with Gasteiger partial charge in [0.1, 0.15) is 0 Å². The standard InChI is InChI=1S/C4H14N6O2/c5-1-3-9(4-2-6)7-10(12)8-11/h11H,1-6H2,(H,7,8). The number of nitrogens with one attached hydrogen (secondary N) is 1. The lowest BCUT2D eigenvalue weighted by Crippen LogP contribution is -2.47. The van der Waals surface area contributed by atoms with Crippen LogP contribution < -0.4 is 17.0 Å². The van der Waals surface area contributed by atoms with E-state index in [1.54, 1.807) is 0 Å². The molecular weight excluding hydrogens is 164 g/mol. The zero-order chi connectivity index (χ0) is 9.40. The molecule has 0 aliphatic rings. The molecule has 0 aliphatic heterocycles. The van der Waals surface area contributed by atoms with Gasteiger partial charge in [0, 0.05) is 26.2 Å². The Kier molecular flexibility index (Phi) is 5.97. The Morgan fingerprint density at radius 3 is 2.25 bits per heavy atom. The minimum atomic E-state index is -0.0781. The van der Waals surface area contributed by atoms with Gasteiger partial charge in [-0.2, -0.15) is 5.01 Å². The number of hydrogen-bond donors (Lipinski definition) is 4. The monoisotopic (exact) mass is 178 g/mol. The second-order valence-corrected chi connectivity index (χ2v) is 2.03. The Labute approximate surface area is 69.9 Å². The van der Waals surface area contributed by atoms with Crippen LogP contribution in [0.4, 0.5) is 0 Å². The number of hydrazine groups is 2. The van der Waals surface area contributed by atoms with Crippen molar-refractivity contribution < 1.29 is 10.2 Å². The van der Waals surface area contributed by atoms with E-state index in [-0.39, 0.29) is 4.97 Å². The molecule has 0 saturated carbocycles. The van der Waals surface area contributed by atoms with Crippen LogP contribution in [0.3, 0.4) is 0 Å². The summed E-state index contributed by atoms with van der Waals surface area (Å²) in [7, 11) is 0. The smallest absolute Gasteiger partial charge is 0.231 e. The molecule has 0 fully saturated rings. The summed E-state index contributed by atoms with van der Waals surface area (Å²) in [6, 6.07) is 0. The summed E-state index contributed by atoms with van der Waals surface area (Å²) in [5.74, 6) is 0. The number of hydrogen-bond acceptors (Lipinski definition) is 5. The van der Waals surface area contributed by atoms with Crippen molar-refractivity contribution in [2.75, 3.05) is 26.2 Å². The normalized spacial score (nSPS) is 12.1. The molecule has 0 aromatic heterocycles. The molecule has 72 valence electrons. The van der Waals surface area contributed by atoms with Gasteiger partial charge in [0.2, 0.25) is 5.28 Å². The molecule has 12 heavy (non-hydrogen) atoms. The van der Waals surface area contributed by atoms with Crippen molar-refractivity contribution >= 4 is 0 Å². The van der Waals surface area contributed by atoms with Gasteiger partial charge >= 0.3 is 0 Å². The third-order valence-corrected chi connectivity index (χ3v) is 1.11. The molecule has 0 heterocycles. The first kappa shape index (κ1) is 10.9. The highest BCUT2D eigenvalue weighted by Gasteiger charge is 2.05. The fourth-order valence-electron chi connectivity index (χ4n) is 0.664. The fraction of sp³-hybridized carbons (Fsp3) is 1.00. The van der Waals surface area contributed by atoms with Crippen molar-refractivity contribution in [2.24, 2.45) is 16.7 Å². The highest BCUT2D eigenvalue weighted by molar-refractivity contribution is 4.48. The summed E-state index contributed by atoms with van der Waals surface area (Å²) < 4.78 is 0. The molecule has 0 rings (SSSR count). The van der Waals surface area contributed by atoms with E-state index in [0.29, 0.717) is 26.2 Å². The van der Waals surface area contributed by atoms with E-state index >= 15 is 0 Å². The largest absolute Gasteiger partial charge is 0.568 e. The third kappa shape index (κ3) is 4.66. The lowest BCUT2D eigenvalue weighted by atomic mass is 10.5. The van der Waals surface area contributed by atoms with Crippen molar-refractivity contribution in [2.45, 2.75) is 0 Å². The lowest BCUT2D eigenvalue weighted by Gasteiger charge is -2.17. The molecule has 8 heteroatoms. The van der Waals surface area contributed by atoms with Crippen LogP contribution in [-0.2, 0) is 0 Å². The van der Waals surface area contributed by atoms with E-state index in [9.17, 15) is 5.21 Å². The van der Waals surface area contributed by atoms with Crippen LogP contribution in [0.15, 0.2) is 5.28 Å². The summed E-state index contributed by atoms with van der Waals surface area (Å²) in [4.78, 5) is -0.0781. The van der Waals surface area contributed by atoms with E-state index in [1.807, 2.05) is 0 Å². The molecule has 0 aromatic carbocycles. The van der Waals surface area contributed by atoms with Gasteiger partial charge in [-0.3, -0.25) is 0 Å². The first-order valence-electron chi connectivity index (χ1n) is 3.48. The highest BCUT2D eigenvalue weighted by atomic mass is 16.6. The van der Waals surface area contributed by atoms with Gasteiger partial charge in [-0.1, -0.05) is 5.53 Å². The van der Waals surface area contributed by atoms with Crippen molar-refractivity contribution in [3.05, 3.63) is 5.21 Å². The molecule has 6 N–H and O–H groups in total. The Balaban J connectivity index is 3.77. The Bertz CT molecular complexity index is 134. The zero-order valence-corrected chi connectivity index (χ0v) is 6.68. The first-order chi connectivity index (χ1) is 5.74. The molecule has 0 aromatic rings. The van der Waals surface area contributed by atoms with Crippen LogP contribution in [-0.4, -0.2) is 41.4 Å². The summed E-state index contributed by atoms with van der Waals surface area (Å²) in [5.41, 5.74) is 12.7. The van der Waals surface area contributed by atoms with Gasteiger partial charge in [0.05, 0.1) is 4.97 Å². The lowest BCUT2D eigenvalue weighted by molar-refractivity contribution is -0.639. The number of nitrogens with zero attached hydrogens (tertiary/aromatic N) is 3. The Morgan fingerprint density at radius 1 is 1.42 bits per heavy atom. The van der Waals surface area contributed by atoms with Gasteiger partial charge in [0.15, 0.2) is 0 Å². The fourth-order valence-corrected chi connectivity index (χ4v) is 0.664. The predicted molar refractivity (Wildman–Crippen MR) is 40.7 cm³/mol.